The molecular weight excluding hydrogens is 402 g/mol. The van der Waals surface area contributed by atoms with Crippen LogP contribution in [0.15, 0.2) is 53.1 Å². The van der Waals surface area contributed by atoms with E-state index < -0.39 is 0 Å². The first kappa shape index (κ1) is 21.7. The highest BCUT2D eigenvalue weighted by atomic mass is 16.5. The second kappa shape index (κ2) is 9.75. The molecule has 1 aliphatic rings. The molecule has 32 heavy (non-hydrogen) atoms. The number of carbonyl (C=O) groups excluding carboxylic acids is 1. The summed E-state index contributed by atoms with van der Waals surface area (Å²) in [6.45, 7) is 7.99. The van der Waals surface area contributed by atoms with Gasteiger partial charge < -0.3 is 9.42 Å². The Morgan fingerprint density at radius 1 is 1.12 bits per heavy atom. The van der Waals surface area contributed by atoms with E-state index in [2.05, 4.69) is 47.1 Å². The quantitative estimate of drug-likeness (QED) is 0.593. The maximum absolute atomic E-state index is 12.8. The first-order chi connectivity index (χ1) is 15.5. The van der Waals surface area contributed by atoms with Gasteiger partial charge in [0.15, 0.2) is 0 Å². The molecule has 0 spiro atoms. The van der Waals surface area contributed by atoms with Crippen molar-refractivity contribution in [2.24, 2.45) is 5.92 Å². The van der Waals surface area contributed by atoms with E-state index in [1.807, 2.05) is 17.0 Å². The van der Waals surface area contributed by atoms with E-state index in [-0.39, 0.29) is 5.91 Å². The minimum Gasteiger partial charge on any atom is -0.339 e. The third-order valence-corrected chi connectivity index (χ3v) is 5.54. The minimum atomic E-state index is -0.0157. The van der Waals surface area contributed by atoms with Gasteiger partial charge in [0.05, 0.1) is 11.6 Å². The summed E-state index contributed by atoms with van der Waals surface area (Å²) >= 11 is 0. The molecule has 7 heteroatoms. The number of benzene rings is 2. The molecule has 0 N–H and O–H groups in total. The zero-order valence-electron chi connectivity index (χ0n) is 18.5. The first-order valence-corrected chi connectivity index (χ1v) is 11.0. The topological polar surface area (TPSA) is 86.3 Å². The fourth-order valence-corrected chi connectivity index (χ4v) is 3.88. The van der Waals surface area contributed by atoms with Gasteiger partial charge in [0, 0.05) is 50.3 Å². The highest BCUT2D eigenvalue weighted by Gasteiger charge is 2.22. The van der Waals surface area contributed by atoms with Crippen molar-refractivity contribution in [1.82, 2.24) is 19.9 Å². The summed E-state index contributed by atoms with van der Waals surface area (Å²) in [4.78, 5) is 21.5. The van der Waals surface area contributed by atoms with Crippen molar-refractivity contribution in [3.05, 3.63) is 71.1 Å². The van der Waals surface area contributed by atoms with Crippen LogP contribution in [0.2, 0.25) is 0 Å². The molecule has 2 aromatic carbocycles. The molecule has 164 valence electrons. The zero-order chi connectivity index (χ0) is 22.5. The van der Waals surface area contributed by atoms with E-state index >= 15 is 0 Å². The second-order valence-corrected chi connectivity index (χ2v) is 8.57. The summed E-state index contributed by atoms with van der Waals surface area (Å²) in [5.41, 5.74) is 3.21. The van der Waals surface area contributed by atoms with Crippen molar-refractivity contribution in [3.63, 3.8) is 0 Å². The lowest BCUT2D eigenvalue weighted by atomic mass is 10.1. The van der Waals surface area contributed by atoms with Gasteiger partial charge in [0.25, 0.3) is 5.91 Å². The maximum atomic E-state index is 12.8. The Balaban J connectivity index is 1.35. The predicted octanol–water partition coefficient (Wildman–Crippen LogP) is 3.76. The van der Waals surface area contributed by atoms with Crippen LogP contribution in [0.1, 0.15) is 41.2 Å². The summed E-state index contributed by atoms with van der Waals surface area (Å²) in [7, 11) is 0. The third kappa shape index (κ3) is 5.21. The highest BCUT2D eigenvalue weighted by Crippen LogP contribution is 2.20. The lowest BCUT2D eigenvalue weighted by Gasteiger charge is -2.34. The summed E-state index contributed by atoms with van der Waals surface area (Å²) in [5.74, 6) is 1.74. The fraction of sp³-hybridized carbons (Fsp3) is 0.360. The number of hydrogen-bond donors (Lipinski definition) is 0. The van der Waals surface area contributed by atoms with Gasteiger partial charge >= 0.3 is 0 Å². The number of nitrogens with zero attached hydrogens (tertiary/aromatic N) is 5. The Labute approximate surface area is 188 Å². The summed E-state index contributed by atoms with van der Waals surface area (Å²) in [5, 5.41) is 13.2. The van der Waals surface area contributed by atoms with Gasteiger partial charge in [-0.2, -0.15) is 10.2 Å². The van der Waals surface area contributed by atoms with Crippen LogP contribution >= 0.6 is 0 Å². The lowest BCUT2D eigenvalue weighted by Crippen LogP contribution is -2.48. The monoisotopic (exact) mass is 429 g/mol. The van der Waals surface area contributed by atoms with Gasteiger partial charge in [-0.25, -0.2) is 0 Å². The molecule has 0 aliphatic carbocycles. The van der Waals surface area contributed by atoms with E-state index in [1.165, 1.54) is 5.56 Å². The van der Waals surface area contributed by atoms with E-state index in [1.54, 1.807) is 24.3 Å². The first-order valence-electron chi connectivity index (χ1n) is 11.0. The van der Waals surface area contributed by atoms with Gasteiger partial charge in [-0.15, -0.1) is 0 Å². The van der Waals surface area contributed by atoms with Gasteiger partial charge in [-0.3, -0.25) is 9.69 Å². The Morgan fingerprint density at radius 3 is 2.66 bits per heavy atom. The van der Waals surface area contributed by atoms with Gasteiger partial charge in [0.2, 0.25) is 11.7 Å². The number of rotatable bonds is 6. The number of aromatic nitrogens is 2. The molecule has 1 aromatic heterocycles. The van der Waals surface area contributed by atoms with Gasteiger partial charge in [-0.1, -0.05) is 43.3 Å². The van der Waals surface area contributed by atoms with Crippen molar-refractivity contribution < 1.29 is 9.32 Å². The summed E-state index contributed by atoms with van der Waals surface area (Å²) in [6.07, 6.45) is 0.774. The van der Waals surface area contributed by atoms with Crippen LogP contribution < -0.4 is 0 Å². The molecular formula is C25H27N5O2. The molecule has 2 heterocycles. The minimum absolute atomic E-state index is 0.0157. The average molecular weight is 430 g/mol. The largest absolute Gasteiger partial charge is 0.339 e. The molecule has 3 aromatic rings. The molecule has 0 bridgehead atoms. The smallest absolute Gasteiger partial charge is 0.253 e. The van der Waals surface area contributed by atoms with Crippen LogP contribution in [0.4, 0.5) is 0 Å². The Kier molecular flexibility index (Phi) is 6.62. The summed E-state index contributed by atoms with van der Waals surface area (Å²) < 4.78 is 5.38. The van der Waals surface area contributed by atoms with Crippen molar-refractivity contribution in [1.29, 1.82) is 5.26 Å². The predicted molar refractivity (Wildman–Crippen MR) is 121 cm³/mol. The van der Waals surface area contributed by atoms with Crippen LogP contribution in [-0.2, 0) is 13.0 Å². The number of nitriles is 1. The molecule has 1 fully saturated rings. The molecule has 4 rings (SSSR count). The standard InChI is InChI=1S/C25H27N5O2/c1-18(2)13-23-27-24(28-32-23)21-7-4-6-20(15-21)17-29-9-11-30(12-10-29)25(31)22-8-3-5-19(14-22)16-26/h3-8,14-15,18H,9-13,17H2,1-2H3. The van der Waals surface area contributed by atoms with E-state index in [0.717, 1.165) is 31.6 Å². The Hall–Kier alpha value is -3.50. The van der Waals surface area contributed by atoms with E-state index in [9.17, 15) is 4.79 Å². The molecule has 7 nitrogen and oxygen atoms in total. The maximum Gasteiger partial charge on any atom is 0.253 e. The Morgan fingerprint density at radius 2 is 1.91 bits per heavy atom. The van der Waals surface area contributed by atoms with Crippen molar-refractivity contribution in [2.75, 3.05) is 26.2 Å². The number of hydrogen-bond acceptors (Lipinski definition) is 6. The van der Waals surface area contributed by atoms with Crippen LogP contribution in [0.5, 0.6) is 0 Å². The average Bonchev–Trinajstić information content (AvgIpc) is 3.27. The Bertz CT molecular complexity index is 1120. The molecule has 0 radical (unpaired) electrons. The third-order valence-electron chi connectivity index (χ3n) is 5.54. The highest BCUT2D eigenvalue weighted by molar-refractivity contribution is 5.94. The zero-order valence-corrected chi connectivity index (χ0v) is 18.5. The van der Waals surface area contributed by atoms with E-state index in [4.69, 9.17) is 9.78 Å². The van der Waals surface area contributed by atoms with Gasteiger partial charge in [0.1, 0.15) is 0 Å². The molecule has 1 aliphatic heterocycles. The SMILES string of the molecule is CC(C)Cc1nc(-c2cccc(CN3CCN(C(=O)c4cccc(C#N)c4)CC3)c2)no1. The van der Waals surface area contributed by atoms with E-state index in [0.29, 0.717) is 41.8 Å². The number of amides is 1. The van der Waals surface area contributed by atoms with Crippen LogP contribution in [0.3, 0.4) is 0 Å². The van der Waals surface area contributed by atoms with Crippen LogP contribution in [0, 0.1) is 17.2 Å². The summed E-state index contributed by atoms with van der Waals surface area (Å²) in [6, 6.07) is 17.2. The molecule has 0 unspecified atom stereocenters. The van der Waals surface area contributed by atoms with Crippen LogP contribution in [-0.4, -0.2) is 52.0 Å². The normalized spacial score (nSPS) is 14.5. The van der Waals surface area contributed by atoms with Crippen LogP contribution in [0.25, 0.3) is 11.4 Å². The number of carbonyl (C=O) groups is 1. The van der Waals surface area contributed by atoms with Crippen molar-refractivity contribution >= 4 is 5.91 Å². The molecule has 0 atom stereocenters. The second-order valence-electron chi connectivity index (χ2n) is 8.57. The molecule has 0 saturated carbocycles. The molecule has 1 amide bonds. The lowest BCUT2D eigenvalue weighted by molar-refractivity contribution is 0.0628. The van der Waals surface area contributed by atoms with Gasteiger partial charge in [-0.05, 0) is 35.7 Å². The van der Waals surface area contributed by atoms with Crippen molar-refractivity contribution in [3.8, 4) is 17.5 Å². The fourth-order valence-electron chi connectivity index (χ4n) is 3.88. The molecule has 1 saturated heterocycles. The van der Waals surface area contributed by atoms with Crippen molar-refractivity contribution in [2.45, 2.75) is 26.8 Å². The number of piperazine rings is 1.